The third kappa shape index (κ3) is 6.83. The van der Waals surface area contributed by atoms with E-state index in [9.17, 15) is 4.79 Å². The molecule has 172 valence electrons. The van der Waals surface area contributed by atoms with Crippen molar-refractivity contribution in [3.05, 3.63) is 17.7 Å². The maximum atomic E-state index is 11.7. The van der Waals surface area contributed by atoms with Gasteiger partial charge in [-0.1, -0.05) is 44.9 Å². The standard InChI is InChI=1S/C25H40N4O2/c30-25-26-15-13-21-11-12-23(27-24(21)28-25)31-18-8-7-16-29-17-14-20-9-5-3-1-2-4-6-10-22(20)19-29/h11-12,20,22H,1-10,13-19H2,(H2,26,27,28,30). The second-order valence-electron chi connectivity index (χ2n) is 9.65. The maximum absolute atomic E-state index is 11.7. The van der Waals surface area contributed by atoms with Gasteiger partial charge in [0.15, 0.2) is 0 Å². The Morgan fingerprint density at radius 1 is 1.00 bits per heavy atom. The molecule has 6 nitrogen and oxygen atoms in total. The van der Waals surface area contributed by atoms with Gasteiger partial charge in [0.2, 0.25) is 5.88 Å². The Balaban J connectivity index is 1.16. The topological polar surface area (TPSA) is 66.5 Å². The molecule has 2 fully saturated rings. The van der Waals surface area contributed by atoms with Gasteiger partial charge in [-0.15, -0.1) is 0 Å². The number of aromatic nitrogens is 1. The maximum Gasteiger partial charge on any atom is 0.320 e. The zero-order valence-corrected chi connectivity index (χ0v) is 19.0. The number of hydrogen-bond donors (Lipinski definition) is 2. The average molecular weight is 429 g/mol. The number of urea groups is 1. The molecule has 3 heterocycles. The van der Waals surface area contributed by atoms with Crippen LogP contribution in [0.5, 0.6) is 5.88 Å². The number of fused-ring (bicyclic) bond motifs is 2. The summed E-state index contributed by atoms with van der Waals surface area (Å²) in [6.45, 7) is 5.09. The SMILES string of the molecule is O=C1NCCc2ccc(OCCCCN3CCC4CCCCCCCCC4C3)nc2N1. The number of anilines is 1. The van der Waals surface area contributed by atoms with E-state index in [1.807, 2.05) is 12.1 Å². The van der Waals surface area contributed by atoms with Crippen LogP contribution >= 0.6 is 0 Å². The molecule has 2 amide bonds. The van der Waals surface area contributed by atoms with Crippen LogP contribution in [0.4, 0.5) is 10.6 Å². The van der Waals surface area contributed by atoms with E-state index in [1.165, 1.54) is 83.8 Å². The minimum absolute atomic E-state index is 0.192. The molecular weight excluding hydrogens is 388 g/mol. The van der Waals surface area contributed by atoms with Crippen molar-refractivity contribution < 1.29 is 9.53 Å². The normalized spacial score (nSPS) is 25.4. The highest BCUT2D eigenvalue weighted by atomic mass is 16.5. The summed E-state index contributed by atoms with van der Waals surface area (Å²) in [7, 11) is 0. The molecule has 2 unspecified atom stereocenters. The largest absolute Gasteiger partial charge is 0.478 e. The highest BCUT2D eigenvalue weighted by Crippen LogP contribution is 2.33. The lowest BCUT2D eigenvalue weighted by atomic mass is 9.78. The fourth-order valence-corrected chi connectivity index (χ4v) is 5.52. The predicted molar refractivity (Wildman–Crippen MR) is 125 cm³/mol. The van der Waals surface area contributed by atoms with Gasteiger partial charge in [0.25, 0.3) is 0 Å². The lowest BCUT2D eigenvalue weighted by Crippen LogP contribution is -2.41. The van der Waals surface area contributed by atoms with Gasteiger partial charge in [-0.3, -0.25) is 5.32 Å². The van der Waals surface area contributed by atoms with Crippen LogP contribution in [0.15, 0.2) is 12.1 Å². The van der Waals surface area contributed by atoms with Gasteiger partial charge in [-0.05, 0) is 68.7 Å². The van der Waals surface area contributed by atoms with E-state index in [2.05, 4.69) is 20.5 Å². The number of rotatable bonds is 6. The monoisotopic (exact) mass is 428 g/mol. The highest BCUT2D eigenvalue weighted by molar-refractivity contribution is 5.89. The Labute approximate surface area is 187 Å². The number of amides is 2. The van der Waals surface area contributed by atoms with Crippen LogP contribution in [0.1, 0.15) is 76.2 Å². The Morgan fingerprint density at radius 2 is 1.81 bits per heavy atom. The zero-order chi connectivity index (χ0) is 21.3. The van der Waals surface area contributed by atoms with Crippen LogP contribution in [0.25, 0.3) is 0 Å². The molecule has 0 spiro atoms. The zero-order valence-electron chi connectivity index (χ0n) is 19.0. The third-order valence-corrected chi connectivity index (χ3v) is 7.36. The molecule has 2 atom stereocenters. The average Bonchev–Trinajstić information content (AvgIpc) is 2.97. The third-order valence-electron chi connectivity index (χ3n) is 7.36. The van der Waals surface area contributed by atoms with Crippen molar-refractivity contribution in [2.75, 3.05) is 38.1 Å². The van der Waals surface area contributed by atoms with Crippen molar-refractivity contribution in [3.8, 4) is 5.88 Å². The Morgan fingerprint density at radius 3 is 2.68 bits per heavy atom. The van der Waals surface area contributed by atoms with E-state index >= 15 is 0 Å². The van der Waals surface area contributed by atoms with E-state index in [0.29, 0.717) is 24.8 Å². The van der Waals surface area contributed by atoms with Crippen LogP contribution in [0.2, 0.25) is 0 Å². The lowest BCUT2D eigenvalue weighted by Gasteiger charge is -2.39. The van der Waals surface area contributed by atoms with E-state index in [-0.39, 0.29) is 6.03 Å². The molecule has 2 aliphatic heterocycles. The number of unbranched alkanes of at least 4 members (excludes halogenated alkanes) is 1. The van der Waals surface area contributed by atoms with E-state index in [4.69, 9.17) is 4.74 Å². The summed E-state index contributed by atoms with van der Waals surface area (Å²) in [4.78, 5) is 18.8. The van der Waals surface area contributed by atoms with Crippen LogP contribution in [0.3, 0.4) is 0 Å². The fraction of sp³-hybridized carbons (Fsp3) is 0.760. The number of carbonyl (C=O) groups is 1. The van der Waals surface area contributed by atoms with Crippen LogP contribution in [-0.4, -0.2) is 48.7 Å². The van der Waals surface area contributed by atoms with Crippen molar-refractivity contribution in [2.45, 2.75) is 77.0 Å². The molecule has 0 bridgehead atoms. The Kier molecular flexibility index (Phi) is 8.45. The van der Waals surface area contributed by atoms with Gasteiger partial charge in [0.1, 0.15) is 5.82 Å². The first-order valence-corrected chi connectivity index (χ1v) is 12.7. The summed E-state index contributed by atoms with van der Waals surface area (Å²) in [5, 5.41) is 5.59. The summed E-state index contributed by atoms with van der Waals surface area (Å²) in [5.41, 5.74) is 1.05. The first-order valence-electron chi connectivity index (χ1n) is 12.7. The lowest BCUT2D eigenvalue weighted by molar-refractivity contribution is 0.0996. The van der Waals surface area contributed by atoms with E-state index < -0.39 is 0 Å². The molecule has 2 N–H and O–H groups in total. The number of ether oxygens (including phenoxy) is 1. The summed E-state index contributed by atoms with van der Waals surface area (Å²) in [6.07, 6.45) is 16.0. The number of likely N-dealkylation sites (tertiary alicyclic amines) is 1. The fourth-order valence-electron chi connectivity index (χ4n) is 5.52. The molecule has 6 heteroatoms. The Bertz CT molecular complexity index is 711. The second kappa shape index (κ2) is 11.7. The second-order valence-corrected chi connectivity index (χ2v) is 9.65. The number of carbonyl (C=O) groups excluding carboxylic acids is 1. The summed E-state index contributed by atoms with van der Waals surface area (Å²) in [6, 6.07) is 3.73. The number of nitrogens with one attached hydrogen (secondary N) is 2. The molecule has 1 aliphatic carbocycles. The van der Waals surface area contributed by atoms with Crippen molar-refractivity contribution >= 4 is 11.8 Å². The first kappa shape index (κ1) is 22.4. The molecule has 0 aromatic carbocycles. The Hall–Kier alpha value is -1.82. The van der Waals surface area contributed by atoms with Gasteiger partial charge in [0.05, 0.1) is 6.61 Å². The minimum Gasteiger partial charge on any atom is -0.478 e. The number of nitrogens with zero attached hydrogens (tertiary/aromatic N) is 2. The van der Waals surface area contributed by atoms with Crippen molar-refractivity contribution in [2.24, 2.45) is 11.8 Å². The van der Waals surface area contributed by atoms with Gasteiger partial charge in [0, 0.05) is 19.2 Å². The summed E-state index contributed by atoms with van der Waals surface area (Å²) >= 11 is 0. The summed E-state index contributed by atoms with van der Waals surface area (Å²) < 4.78 is 5.88. The molecule has 1 aromatic heterocycles. The predicted octanol–water partition coefficient (Wildman–Crippen LogP) is 4.99. The summed E-state index contributed by atoms with van der Waals surface area (Å²) in [5.74, 6) is 3.13. The quantitative estimate of drug-likeness (QED) is 0.627. The molecule has 1 saturated carbocycles. The van der Waals surface area contributed by atoms with E-state index in [1.54, 1.807) is 0 Å². The van der Waals surface area contributed by atoms with Gasteiger partial charge >= 0.3 is 6.03 Å². The van der Waals surface area contributed by atoms with Crippen LogP contribution in [0, 0.1) is 11.8 Å². The molecular formula is C25H40N4O2. The number of pyridine rings is 1. The van der Waals surface area contributed by atoms with Crippen molar-refractivity contribution in [3.63, 3.8) is 0 Å². The van der Waals surface area contributed by atoms with Gasteiger partial charge in [-0.25, -0.2) is 4.79 Å². The van der Waals surface area contributed by atoms with Crippen molar-refractivity contribution in [1.29, 1.82) is 0 Å². The smallest absolute Gasteiger partial charge is 0.320 e. The molecule has 31 heavy (non-hydrogen) atoms. The van der Waals surface area contributed by atoms with Gasteiger partial charge in [-0.2, -0.15) is 4.98 Å². The number of piperidine rings is 1. The van der Waals surface area contributed by atoms with Crippen molar-refractivity contribution in [1.82, 2.24) is 15.2 Å². The number of hydrogen-bond acceptors (Lipinski definition) is 4. The molecule has 4 rings (SSSR count). The molecule has 1 aromatic rings. The molecule has 3 aliphatic rings. The first-order chi connectivity index (χ1) is 15.3. The van der Waals surface area contributed by atoms with E-state index in [0.717, 1.165) is 30.2 Å². The molecule has 0 radical (unpaired) electrons. The molecule has 1 saturated heterocycles. The van der Waals surface area contributed by atoms with Crippen LogP contribution in [-0.2, 0) is 6.42 Å². The minimum atomic E-state index is -0.192. The van der Waals surface area contributed by atoms with Gasteiger partial charge < -0.3 is 15.0 Å². The van der Waals surface area contributed by atoms with Crippen LogP contribution < -0.4 is 15.4 Å². The highest BCUT2D eigenvalue weighted by Gasteiger charge is 2.28.